The average Bonchev–Trinajstić information content (AvgIpc) is 3.26. The van der Waals surface area contributed by atoms with Gasteiger partial charge >= 0.3 is 0 Å². The Morgan fingerprint density at radius 2 is 1.97 bits per heavy atom. The third-order valence-electron chi connectivity index (χ3n) is 6.12. The van der Waals surface area contributed by atoms with Crippen molar-refractivity contribution in [1.82, 2.24) is 35.1 Å². The lowest BCUT2D eigenvalue weighted by molar-refractivity contribution is -0.117. The van der Waals surface area contributed by atoms with Crippen LogP contribution in [0.3, 0.4) is 0 Å². The second kappa shape index (κ2) is 7.59. The molecule has 1 fully saturated rings. The molecule has 170 valence electrons. The first-order valence-corrected chi connectivity index (χ1v) is 11.2. The Morgan fingerprint density at radius 3 is 2.83 bits per heavy atom. The summed E-state index contributed by atoms with van der Waals surface area (Å²) in [7, 11) is 0. The molecule has 0 atom stereocenters. The normalized spacial score (nSPS) is 13.5. The van der Waals surface area contributed by atoms with Crippen molar-refractivity contribution in [2.75, 3.05) is 5.32 Å². The Morgan fingerprint density at radius 1 is 1.03 bits per heavy atom. The molecule has 7 rings (SSSR count). The minimum Gasteiger partial charge on any atom is -0.472 e. The van der Waals surface area contributed by atoms with Crippen molar-refractivity contribution >= 4 is 33.5 Å². The zero-order chi connectivity index (χ0) is 23.4. The quantitative estimate of drug-likeness (QED) is 0.341. The number of rotatable bonds is 5. The van der Waals surface area contributed by atoms with Gasteiger partial charge in [0.2, 0.25) is 5.91 Å². The van der Waals surface area contributed by atoms with Gasteiger partial charge in [-0.2, -0.15) is 5.10 Å². The fraction of sp³-hybridized carbons (Fsp3) is 0.120. The zero-order valence-corrected chi connectivity index (χ0v) is 18.3. The third-order valence-corrected chi connectivity index (χ3v) is 6.12. The van der Waals surface area contributed by atoms with Crippen LogP contribution >= 0.6 is 0 Å². The van der Waals surface area contributed by atoms with Crippen LogP contribution in [0, 0.1) is 5.92 Å². The van der Waals surface area contributed by atoms with Gasteiger partial charge in [0.25, 0.3) is 0 Å². The summed E-state index contributed by atoms with van der Waals surface area (Å²) in [6, 6.07) is 7.56. The SMILES string of the molecule is O=C(Nc1cncc(-c2cc3c(-c4nc5c(-c6ccoc6)nccc5[nH]4)n[nH]c3cn2)c1)C1CC1. The molecule has 1 aliphatic rings. The number of anilines is 1. The van der Waals surface area contributed by atoms with Crippen molar-refractivity contribution in [3.8, 4) is 34.0 Å². The summed E-state index contributed by atoms with van der Waals surface area (Å²) in [5, 5.41) is 11.3. The van der Waals surface area contributed by atoms with E-state index in [1.54, 1.807) is 37.3 Å². The number of amides is 1. The van der Waals surface area contributed by atoms with E-state index in [0.29, 0.717) is 22.9 Å². The summed E-state index contributed by atoms with van der Waals surface area (Å²) in [5.74, 6) is 0.776. The number of fused-ring (bicyclic) bond motifs is 2. The smallest absolute Gasteiger partial charge is 0.227 e. The molecule has 0 bridgehead atoms. The van der Waals surface area contributed by atoms with Crippen LogP contribution in [0.1, 0.15) is 12.8 Å². The Balaban J connectivity index is 1.29. The van der Waals surface area contributed by atoms with Crippen molar-refractivity contribution in [1.29, 1.82) is 0 Å². The summed E-state index contributed by atoms with van der Waals surface area (Å²) >= 11 is 0. The van der Waals surface area contributed by atoms with Crippen molar-refractivity contribution in [3.63, 3.8) is 0 Å². The van der Waals surface area contributed by atoms with E-state index >= 15 is 0 Å². The summed E-state index contributed by atoms with van der Waals surface area (Å²) < 4.78 is 5.22. The lowest BCUT2D eigenvalue weighted by Crippen LogP contribution is -2.13. The molecule has 6 aromatic rings. The Kier molecular flexibility index (Phi) is 4.25. The number of hydrogen-bond acceptors (Lipinski definition) is 7. The average molecular weight is 462 g/mol. The van der Waals surface area contributed by atoms with E-state index in [4.69, 9.17) is 9.40 Å². The van der Waals surface area contributed by atoms with E-state index in [1.807, 2.05) is 24.3 Å². The molecule has 0 aliphatic heterocycles. The van der Waals surface area contributed by atoms with Gasteiger partial charge in [-0.15, -0.1) is 0 Å². The highest BCUT2D eigenvalue weighted by molar-refractivity contribution is 5.97. The van der Waals surface area contributed by atoms with Crippen molar-refractivity contribution in [3.05, 3.63) is 61.6 Å². The second-order valence-electron chi connectivity index (χ2n) is 8.57. The molecule has 1 saturated carbocycles. The van der Waals surface area contributed by atoms with Crippen LogP contribution in [0.5, 0.6) is 0 Å². The van der Waals surface area contributed by atoms with Gasteiger partial charge in [0.1, 0.15) is 16.9 Å². The highest BCUT2D eigenvalue weighted by Gasteiger charge is 2.29. The largest absolute Gasteiger partial charge is 0.472 e. The molecule has 10 nitrogen and oxygen atoms in total. The van der Waals surface area contributed by atoms with Gasteiger partial charge in [0.05, 0.1) is 47.3 Å². The number of carbonyl (C=O) groups is 1. The molecule has 6 heterocycles. The van der Waals surface area contributed by atoms with E-state index in [0.717, 1.165) is 51.6 Å². The molecule has 0 unspecified atom stereocenters. The van der Waals surface area contributed by atoms with Crippen LogP contribution in [0.15, 0.2) is 66.0 Å². The van der Waals surface area contributed by atoms with Crippen LogP contribution < -0.4 is 5.32 Å². The predicted molar refractivity (Wildman–Crippen MR) is 129 cm³/mol. The molecule has 1 aliphatic carbocycles. The summed E-state index contributed by atoms with van der Waals surface area (Å²) in [6.45, 7) is 0. The van der Waals surface area contributed by atoms with E-state index in [1.165, 1.54) is 0 Å². The monoisotopic (exact) mass is 462 g/mol. The first kappa shape index (κ1) is 19.6. The molecule has 0 radical (unpaired) electrons. The number of aromatic amines is 2. The zero-order valence-electron chi connectivity index (χ0n) is 18.3. The molecular weight excluding hydrogens is 444 g/mol. The number of nitrogens with zero attached hydrogens (tertiary/aromatic N) is 5. The van der Waals surface area contributed by atoms with E-state index in [9.17, 15) is 4.79 Å². The third kappa shape index (κ3) is 3.43. The van der Waals surface area contributed by atoms with Crippen molar-refractivity contribution in [2.45, 2.75) is 12.8 Å². The molecule has 1 amide bonds. The molecule has 3 N–H and O–H groups in total. The van der Waals surface area contributed by atoms with Crippen LogP contribution in [-0.4, -0.2) is 41.0 Å². The standard InChI is InChI=1S/C25H18N8O2/c34-25(13-1-2-13)29-16-7-15(9-26-10-16)19-8-17-20(11-28-19)32-33-22(17)24-30-18-3-5-27-21(23(18)31-24)14-4-6-35-12-14/h3-13H,1-2H2,(H,29,34)(H,30,31)(H,32,33). The number of carbonyl (C=O) groups excluding carboxylic acids is 1. The molecule has 0 aromatic carbocycles. The Hall–Kier alpha value is -4.86. The van der Waals surface area contributed by atoms with Crippen LogP contribution in [0.2, 0.25) is 0 Å². The minimum atomic E-state index is 0.0404. The number of H-pyrrole nitrogens is 2. The number of pyridine rings is 3. The molecule has 0 spiro atoms. The summed E-state index contributed by atoms with van der Waals surface area (Å²) in [4.78, 5) is 33.7. The van der Waals surface area contributed by atoms with Gasteiger partial charge in [-0.3, -0.25) is 24.8 Å². The Labute approximate surface area is 197 Å². The topological polar surface area (TPSA) is 138 Å². The highest BCUT2D eigenvalue weighted by atomic mass is 16.3. The van der Waals surface area contributed by atoms with Crippen molar-refractivity contribution in [2.24, 2.45) is 5.92 Å². The van der Waals surface area contributed by atoms with Gasteiger partial charge in [0, 0.05) is 34.8 Å². The first-order valence-electron chi connectivity index (χ1n) is 11.2. The predicted octanol–water partition coefficient (Wildman–Crippen LogP) is 4.57. The summed E-state index contributed by atoms with van der Waals surface area (Å²) in [5.41, 5.74) is 6.79. The van der Waals surface area contributed by atoms with Gasteiger partial charge < -0.3 is 14.7 Å². The number of hydrogen-bond donors (Lipinski definition) is 3. The van der Waals surface area contributed by atoms with Gasteiger partial charge in [0.15, 0.2) is 5.82 Å². The molecular formula is C25H18N8O2. The molecule has 6 aromatic heterocycles. The maximum Gasteiger partial charge on any atom is 0.227 e. The first-order chi connectivity index (χ1) is 17.2. The fourth-order valence-corrected chi connectivity index (χ4v) is 4.15. The Bertz CT molecular complexity index is 1710. The number of furan rings is 1. The molecule has 10 heteroatoms. The van der Waals surface area contributed by atoms with E-state index in [-0.39, 0.29) is 11.8 Å². The molecule has 35 heavy (non-hydrogen) atoms. The molecule has 0 saturated heterocycles. The van der Waals surface area contributed by atoms with Gasteiger partial charge in [-0.1, -0.05) is 0 Å². The van der Waals surface area contributed by atoms with E-state index < -0.39 is 0 Å². The second-order valence-corrected chi connectivity index (χ2v) is 8.57. The number of imidazole rings is 1. The van der Waals surface area contributed by atoms with Gasteiger partial charge in [-0.05, 0) is 37.1 Å². The number of nitrogens with one attached hydrogen (secondary N) is 3. The van der Waals surface area contributed by atoms with Crippen LogP contribution in [0.25, 0.3) is 56.0 Å². The van der Waals surface area contributed by atoms with Crippen LogP contribution in [0.4, 0.5) is 5.69 Å². The van der Waals surface area contributed by atoms with E-state index in [2.05, 4.69) is 35.5 Å². The highest BCUT2D eigenvalue weighted by Crippen LogP contribution is 2.33. The lowest BCUT2D eigenvalue weighted by Gasteiger charge is -2.06. The van der Waals surface area contributed by atoms with Crippen molar-refractivity contribution < 1.29 is 9.21 Å². The maximum atomic E-state index is 12.2. The van der Waals surface area contributed by atoms with Crippen LogP contribution in [-0.2, 0) is 4.79 Å². The summed E-state index contributed by atoms with van der Waals surface area (Å²) in [6.07, 6.45) is 12.0. The minimum absolute atomic E-state index is 0.0404. The fourth-order valence-electron chi connectivity index (χ4n) is 4.15. The lowest BCUT2D eigenvalue weighted by atomic mass is 10.1. The van der Waals surface area contributed by atoms with Gasteiger partial charge in [-0.25, -0.2) is 4.98 Å². The number of aromatic nitrogens is 7. The maximum absolute atomic E-state index is 12.2.